The van der Waals surface area contributed by atoms with E-state index in [2.05, 4.69) is 5.38 Å². The van der Waals surface area contributed by atoms with E-state index in [0.29, 0.717) is 6.54 Å². The summed E-state index contributed by atoms with van der Waals surface area (Å²) in [6, 6.07) is 0. The lowest BCUT2D eigenvalue weighted by atomic mass is 10.2. The van der Waals surface area contributed by atoms with Gasteiger partial charge in [-0.2, -0.15) is 0 Å². The third-order valence-corrected chi connectivity index (χ3v) is 3.37. The van der Waals surface area contributed by atoms with Crippen molar-refractivity contribution in [3.8, 4) is 0 Å². The standard InChI is InChI=1S/C10H14ClNOS/c1-4-12(9(13)5-11)10-7(2)6-14-8(10)3/h6H,4-5H2,1-3H3. The molecule has 1 amide bonds. The van der Waals surface area contributed by atoms with Crippen LogP contribution < -0.4 is 4.90 Å². The molecule has 0 bridgehead atoms. The number of nitrogens with zero attached hydrogens (tertiary/aromatic N) is 1. The summed E-state index contributed by atoms with van der Waals surface area (Å²) in [7, 11) is 0. The smallest absolute Gasteiger partial charge is 0.241 e. The summed E-state index contributed by atoms with van der Waals surface area (Å²) in [5.74, 6) is 0.0153. The van der Waals surface area contributed by atoms with Gasteiger partial charge in [-0.05, 0) is 31.7 Å². The molecule has 2 nitrogen and oxygen atoms in total. The van der Waals surface area contributed by atoms with Crippen LogP contribution in [0.1, 0.15) is 17.4 Å². The number of carbonyl (C=O) groups is 1. The number of carbonyl (C=O) groups excluding carboxylic acids is 1. The molecule has 1 heterocycles. The molecule has 0 spiro atoms. The van der Waals surface area contributed by atoms with Gasteiger partial charge < -0.3 is 4.90 Å². The lowest BCUT2D eigenvalue weighted by molar-refractivity contribution is -0.116. The quantitative estimate of drug-likeness (QED) is 0.733. The van der Waals surface area contributed by atoms with Gasteiger partial charge in [0.1, 0.15) is 5.88 Å². The van der Waals surface area contributed by atoms with Gasteiger partial charge in [0, 0.05) is 11.4 Å². The Morgan fingerprint density at radius 2 is 2.21 bits per heavy atom. The van der Waals surface area contributed by atoms with Crippen molar-refractivity contribution in [2.24, 2.45) is 0 Å². The predicted molar refractivity (Wildman–Crippen MR) is 62.5 cm³/mol. The van der Waals surface area contributed by atoms with Crippen LogP contribution in [0.5, 0.6) is 0 Å². The SMILES string of the molecule is CCN(C(=O)CCl)c1c(C)csc1C. The number of thiophene rings is 1. The Morgan fingerprint density at radius 1 is 1.57 bits per heavy atom. The zero-order valence-electron chi connectivity index (χ0n) is 8.63. The van der Waals surface area contributed by atoms with Gasteiger partial charge in [-0.25, -0.2) is 0 Å². The average Bonchev–Trinajstić information content (AvgIpc) is 2.50. The van der Waals surface area contributed by atoms with Gasteiger partial charge in [-0.15, -0.1) is 22.9 Å². The summed E-state index contributed by atoms with van der Waals surface area (Å²) >= 11 is 7.22. The van der Waals surface area contributed by atoms with Crippen LogP contribution in [0.4, 0.5) is 5.69 Å². The first-order valence-corrected chi connectivity index (χ1v) is 5.94. The van der Waals surface area contributed by atoms with E-state index in [1.54, 1.807) is 16.2 Å². The maximum absolute atomic E-state index is 11.5. The fourth-order valence-electron chi connectivity index (χ4n) is 1.50. The van der Waals surface area contributed by atoms with E-state index >= 15 is 0 Å². The number of aryl methyl sites for hydroxylation is 2. The van der Waals surface area contributed by atoms with Crippen molar-refractivity contribution in [1.29, 1.82) is 0 Å². The predicted octanol–water partition coefficient (Wildman–Crippen LogP) is 2.96. The molecule has 14 heavy (non-hydrogen) atoms. The molecule has 0 aliphatic carbocycles. The van der Waals surface area contributed by atoms with Crippen molar-refractivity contribution < 1.29 is 4.79 Å². The van der Waals surface area contributed by atoms with Gasteiger partial charge >= 0.3 is 0 Å². The molecule has 0 fully saturated rings. The van der Waals surface area contributed by atoms with Crippen molar-refractivity contribution in [3.05, 3.63) is 15.8 Å². The molecular weight excluding hydrogens is 218 g/mol. The molecule has 0 aromatic carbocycles. The zero-order valence-corrected chi connectivity index (χ0v) is 10.2. The van der Waals surface area contributed by atoms with Crippen LogP contribution in [0.3, 0.4) is 0 Å². The minimum absolute atomic E-state index is 0.0289. The van der Waals surface area contributed by atoms with Gasteiger partial charge in [0.15, 0.2) is 0 Å². The molecular formula is C10H14ClNOS. The van der Waals surface area contributed by atoms with Crippen LogP contribution in [0.25, 0.3) is 0 Å². The lowest BCUT2D eigenvalue weighted by Crippen LogP contribution is -2.32. The Balaban J connectivity index is 3.06. The molecule has 1 aromatic rings. The van der Waals surface area contributed by atoms with Crippen molar-refractivity contribution in [2.45, 2.75) is 20.8 Å². The summed E-state index contributed by atoms with van der Waals surface area (Å²) in [5, 5.41) is 2.06. The Kier molecular flexibility index (Phi) is 3.96. The molecule has 78 valence electrons. The number of rotatable bonds is 3. The van der Waals surface area contributed by atoms with Gasteiger partial charge in [0.05, 0.1) is 5.69 Å². The van der Waals surface area contributed by atoms with Gasteiger partial charge in [0.2, 0.25) is 5.91 Å². The Labute approximate surface area is 93.5 Å². The van der Waals surface area contributed by atoms with Gasteiger partial charge in [-0.1, -0.05) is 0 Å². The number of amides is 1. The molecule has 0 aliphatic heterocycles. The number of alkyl halides is 1. The van der Waals surface area contributed by atoms with Crippen LogP contribution in [0.2, 0.25) is 0 Å². The minimum Gasteiger partial charge on any atom is -0.310 e. The van der Waals surface area contributed by atoms with E-state index in [-0.39, 0.29) is 11.8 Å². The molecule has 0 N–H and O–H groups in total. The van der Waals surface area contributed by atoms with Crippen LogP contribution in [0, 0.1) is 13.8 Å². The number of anilines is 1. The maximum Gasteiger partial charge on any atom is 0.241 e. The summed E-state index contributed by atoms with van der Waals surface area (Å²) < 4.78 is 0. The molecule has 0 aliphatic rings. The normalized spacial score (nSPS) is 10.3. The van der Waals surface area contributed by atoms with Crippen LogP contribution in [-0.2, 0) is 4.79 Å². The Bertz CT molecular complexity index is 315. The monoisotopic (exact) mass is 231 g/mol. The fraction of sp³-hybridized carbons (Fsp3) is 0.500. The molecule has 0 radical (unpaired) electrons. The van der Waals surface area contributed by atoms with E-state index in [1.807, 2.05) is 20.8 Å². The highest BCUT2D eigenvalue weighted by Crippen LogP contribution is 2.30. The van der Waals surface area contributed by atoms with Crippen molar-refractivity contribution in [2.75, 3.05) is 17.3 Å². The highest BCUT2D eigenvalue weighted by molar-refractivity contribution is 7.10. The van der Waals surface area contributed by atoms with E-state index in [1.165, 1.54) is 4.88 Å². The molecule has 1 aromatic heterocycles. The third kappa shape index (κ3) is 2.10. The first-order valence-electron chi connectivity index (χ1n) is 4.52. The van der Waals surface area contributed by atoms with Gasteiger partial charge in [0.25, 0.3) is 0 Å². The first-order chi connectivity index (χ1) is 6.61. The largest absolute Gasteiger partial charge is 0.310 e. The van der Waals surface area contributed by atoms with Crippen molar-refractivity contribution in [3.63, 3.8) is 0 Å². The van der Waals surface area contributed by atoms with E-state index in [0.717, 1.165) is 11.3 Å². The second kappa shape index (κ2) is 4.80. The topological polar surface area (TPSA) is 20.3 Å². The Hall–Kier alpha value is -0.540. The van der Waals surface area contributed by atoms with Crippen LogP contribution in [0.15, 0.2) is 5.38 Å². The fourth-order valence-corrected chi connectivity index (χ4v) is 2.49. The van der Waals surface area contributed by atoms with E-state index in [9.17, 15) is 4.79 Å². The zero-order chi connectivity index (χ0) is 10.7. The molecule has 0 atom stereocenters. The maximum atomic E-state index is 11.5. The van der Waals surface area contributed by atoms with Crippen LogP contribution >= 0.6 is 22.9 Å². The highest BCUT2D eigenvalue weighted by atomic mass is 35.5. The summed E-state index contributed by atoms with van der Waals surface area (Å²) in [6.45, 7) is 6.67. The second-order valence-corrected chi connectivity index (χ2v) is 4.45. The molecule has 0 saturated heterocycles. The van der Waals surface area contributed by atoms with Crippen LogP contribution in [-0.4, -0.2) is 18.3 Å². The van der Waals surface area contributed by atoms with E-state index < -0.39 is 0 Å². The molecule has 0 saturated carbocycles. The lowest BCUT2D eigenvalue weighted by Gasteiger charge is -2.20. The average molecular weight is 232 g/mol. The number of hydrogen-bond acceptors (Lipinski definition) is 2. The van der Waals surface area contributed by atoms with Crippen molar-refractivity contribution in [1.82, 2.24) is 0 Å². The summed E-state index contributed by atoms with van der Waals surface area (Å²) in [4.78, 5) is 14.5. The molecule has 1 rings (SSSR count). The number of hydrogen-bond donors (Lipinski definition) is 0. The first kappa shape index (κ1) is 11.5. The summed E-state index contributed by atoms with van der Waals surface area (Å²) in [6.07, 6.45) is 0. The number of halogens is 1. The Morgan fingerprint density at radius 3 is 2.57 bits per heavy atom. The molecule has 4 heteroatoms. The molecule has 0 unspecified atom stereocenters. The van der Waals surface area contributed by atoms with Gasteiger partial charge in [-0.3, -0.25) is 4.79 Å². The van der Waals surface area contributed by atoms with Crippen molar-refractivity contribution >= 4 is 34.5 Å². The third-order valence-electron chi connectivity index (χ3n) is 2.12. The summed E-state index contributed by atoms with van der Waals surface area (Å²) in [5.41, 5.74) is 2.18. The van der Waals surface area contributed by atoms with E-state index in [4.69, 9.17) is 11.6 Å². The minimum atomic E-state index is -0.0289. The second-order valence-electron chi connectivity index (χ2n) is 3.10. The highest BCUT2D eigenvalue weighted by Gasteiger charge is 2.17.